The van der Waals surface area contributed by atoms with Crippen molar-refractivity contribution in [3.05, 3.63) is 57.6 Å². The quantitative estimate of drug-likeness (QED) is 0.137. The first kappa shape index (κ1) is 45.1. The Morgan fingerprint density at radius 1 is 0.686 bits per heavy atom. The topological polar surface area (TPSA) is 192 Å². The minimum absolute atomic E-state index is 0.0272. The van der Waals surface area contributed by atoms with Crippen LogP contribution in [0.4, 0.5) is 9.59 Å². The van der Waals surface area contributed by atoms with Gasteiger partial charge in [-0.1, -0.05) is 62.5 Å². The van der Waals surface area contributed by atoms with Gasteiger partial charge in [-0.2, -0.15) is 0 Å². The van der Waals surface area contributed by atoms with E-state index in [0.29, 0.717) is 33.6 Å². The van der Waals surface area contributed by atoms with Crippen LogP contribution in [0.5, 0.6) is 11.5 Å². The van der Waals surface area contributed by atoms with Crippen molar-refractivity contribution < 1.29 is 49.1 Å². The maximum Gasteiger partial charge on any atom is 0.503 e. The van der Waals surface area contributed by atoms with Crippen molar-refractivity contribution in [1.82, 2.24) is 10.6 Å². The number of benzene rings is 2. The molecule has 286 valence electrons. The molecule has 6 N–H and O–H groups in total. The fraction of sp³-hybridized carbons (Fsp3) is 0.568. The highest BCUT2D eigenvalue weighted by molar-refractivity contribution is 6.32. The maximum absolute atomic E-state index is 12.3. The third-order valence-electron chi connectivity index (χ3n) is 9.14. The first-order chi connectivity index (χ1) is 24.1. The largest absolute Gasteiger partial charge is 0.503 e. The van der Waals surface area contributed by atoms with Crippen LogP contribution in [0.3, 0.4) is 0 Å². The molecule has 2 aliphatic rings. The van der Waals surface area contributed by atoms with Gasteiger partial charge in [0.2, 0.25) is 11.8 Å². The molecular formula is C37H54Cl2N2O10. The van der Waals surface area contributed by atoms with Crippen molar-refractivity contribution >= 4 is 47.3 Å². The molecule has 2 aromatic carbocycles. The Hall–Kier alpha value is -3.90. The lowest BCUT2D eigenvalue weighted by Crippen LogP contribution is -2.39. The highest BCUT2D eigenvalue weighted by Gasteiger charge is 2.25. The SMILES string of the molecule is CCC1CCC(NC(=O)Cc2c(Cl)cccc2OC)CC1.COc1cccc(Cl)c1CC(=O)NC1CCC(C(C)C)CC1.O=C(O)O.O=C(O)O. The number of methoxy groups -OCH3 is 2. The monoisotopic (exact) mass is 756 g/mol. The van der Waals surface area contributed by atoms with Gasteiger partial charge in [-0.3, -0.25) is 9.59 Å². The fourth-order valence-corrected chi connectivity index (χ4v) is 6.79. The van der Waals surface area contributed by atoms with Crippen molar-refractivity contribution in [2.45, 2.75) is 103 Å². The van der Waals surface area contributed by atoms with Gasteiger partial charge in [-0.05, 0) is 93.4 Å². The van der Waals surface area contributed by atoms with Crippen molar-refractivity contribution in [2.75, 3.05) is 14.2 Å². The van der Waals surface area contributed by atoms with E-state index in [1.54, 1.807) is 26.4 Å². The minimum atomic E-state index is -1.83. The van der Waals surface area contributed by atoms with E-state index in [2.05, 4.69) is 31.4 Å². The number of hydrogen-bond donors (Lipinski definition) is 6. The third-order valence-corrected chi connectivity index (χ3v) is 9.84. The number of hydrogen-bond acceptors (Lipinski definition) is 6. The Morgan fingerprint density at radius 2 is 1.04 bits per heavy atom. The molecule has 51 heavy (non-hydrogen) atoms. The smallest absolute Gasteiger partial charge is 0.496 e. The standard InChI is InChI=1S/C18H26ClNO2.C17H24ClNO2.2CH2O3/c1-12(2)13-7-9-14(10-8-13)20-18(21)11-15-16(19)5-4-6-17(15)22-3;1-3-12-7-9-13(10-8-12)19-17(20)11-14-15(18)5-4-6-16(14)21-2;2*2-1(3)4/h4-6,12-14H,7-11H2,1-3H3,(H,20,21);4-6,12-13H,3,7-11H2,1-2H3,(H,19,20);2*(H2,2,3,4). The summed E-state index contributed by atoms with van der Waals surface area (Å²) in [5, 5.41) is 35.3. The van der Waals surface area contributed by atoms with Gasteiger partial charge in [-0.25, -0.2) is 9.59 Å². The van der Waals surface area contributed by atoms with E-state index in [0.717, 1.165) is 54.6 Å². The van der Waals surface area contributed by atoms with Crippen molar-refractivity contribution in [3.63, 3.8) is 0 Å². The van der Waals surface area contributed by atoms with Crippen molar-refractivity contribution in [3.8, 4) is 11.5 Å². The normalized spacial score (nSPS) is 19.3. The lowest BCUT2D eigenvalue weighted by molar-refractivity contribution is -0.122. The Kier molecular flexibility index (Phi) is 21.5. The Bertz CT molecular complexity index is 1360. The molecule has 2 saturated carbocycles. The Morgan fingerprint density at radius 3 is 1.35 bits per heavy atom. The van der Waals surface area contributed by atoms with Crippen LogP contribution in [0.2, 0.25) is 10.0 Å². The van der Waals surface area contributed by atoms with Gasteiger partial charge in [0.15, 0.2) is 0 Å². The van der Waals surface area contributed by atoms with E-state index < -0.39 is 12.3 Å². The van der Waals surface area contributed by atoms with Gasteiger partial charge in [0, 0.05) is 33.3 Å². The molecule has 0 saturated heterocycles. The summed E-state index contributed by atoms with van der Waals surface area (Å²) < 4.78 is 10.6. The molecule has 0 heterocycles. The molecule has 2 amide bonds. The van der Waals surface area contributed by atoms with E-state index in [4.69, 9.17) is 62.7 Å². The molecule has 0 aromatic heterocycles. The zero-order chi connectivity index (χ0) is 38.5. The van der Waals surface area contributed by atoms with Crippen LogP contribution in [0.25, 0.3) is 0 Å². The summed E-state index contributed by atoms with van der Waals surface area (Å²) in [6.07, 6.45) is 7.31. The Labute approximate surface area is 310 Å². The van der Waals surface area contributed by atoms with Crippen molar-refractivity contribution in [1.29, 1.82) is 0 Å². The summed E-state index contributed by atoms with van der Waals surface area (Å²) in [7, 11) is 3.19. The zero-order valence-electron chi connectivity index (χ0n) is 30.1. The average Bonchev–Trinajstić information content (AvgIpc) is 3.07. The molecule has 4 rings (SSSR count). The third kappa shape index (κ3) is 18.2. The zero-order valence-corrected chi connectivity index (χ0v) is 31.6. The molecule has 0 bridgehead atoms. The van der Waals surface area contributed by atoms with Crippen LogP contribution in [0, 0.1) is 17.8 Å². The molecule has 0 aliphatic heterocycles. The van der Waals surface area contributed by atoms with E-state index >= 15 is 0 Å². The summed E-state index contributed by atoms with van der Waals surface area (Å²) in [5.74, 6) is 3.78. The highest BCUT2D eigenvalue weighted by atomic mass is 35.5. The lowest BCUT2D eigenvalue weighted by Gasteiger charge is -2.31. The summed E-state index contributed by atoms with van der Waals surface area (Å²) in [5.41, 5.74) is 1.53. The molecule has 14 heteroatoms. The number of carbonyl (C=O) groups excluding carboxylic acids is 2. The van der Waals surface area contributed by atoms with Crippen LogP contribution in [0.15, 0.2) is 36.4 Å². The summed E-state index contributed by atoms with van der Waals surface area (Å²) >= 11 is 12.4. The number of ether oxygens (including phenoxy) is 2. The highest BCUT2D eigenvalue weighted by Crippen LogP contribution is 2.31. The Balaban J connectivity index is 0.000000422. The van der Waals surface area contributed by atoms with Gasteiger partial charge in [0.05, 0.1) is 27.1 Å². The molecule has 0 radical (unpaired) electrons. The molecule has 12 nitrogen and oxygen atoms in total. The molecule has 2 aliphatic carbocycles. The van der Waals surface area contributed by atoms with E-state index in [1.165, 1.54) is 32.1 Å². The number of carboxylic acid groups (broad SMARTS) is 4. The molecular weight excluding hydrogens is 703 g/mol. The molecule has 0 unspecified atom stereocenters. The lowest BCUT2D eigenvalue weighted by atomic mass is 9.79. The summed E-state index contributed by atoms with van der Waals surface area (Å²) in [6.45, 7) is 6.81. The number of nitrogens with one attached hydrogen (secondary N) is 2. The number of carbonyl (C=O) groups is 4. The molecule has 0 atom stereocenters. The number of rotatable bonds is 10. The summed E-state index contributed by atoms with van der Waals surface area (Å²) in [6, 6.07) is 11.5. The predicted octanol–water partition coefficient (Wildman–Crippen LogP) is 8.64. The molecule has 0 spiro atoms. The second kappa shape index (κ2) is 24.3. The maximum atomic E-state index is 12.3. The second-order valence-electron chi connectivity index (χ2n) is 12.9. The van der Waals surface area contributed by atoms with Crippen LogP contribution >= 0.6 is 23.2 Å². The molecule has 2 aromatic rings. The van der Waals surface area contributed by atoms with Gasteiger partial charge >= 0.3 is 12.3 Å². The van der Waals surface area contributed by atoms with Crippen LogP contribution in [-0.4, -0.2) is 70.9 Å². The first-order valence-electron chi connectivity index (χ1n) is 17.2. The number of amides is 2. The predicted molar refractivity (Wildman–Crippen MR) is 198 cm³/mol. The van der Waals surface area contributed by atoms with Gasteiger partial charge in [-0.15, -0.1) is 0 Å². The fourth-order valence-electron chi connectivity index (χ4n) is 6.33. The van der Waals surface area contributed by atoms with Gasteiger partial charge < -0.3 is 40.5 Å². The summed E-state index contributed by atoms with van der Waals surface area (Å²) in [4.78, 5) is 41.6. The minimum Gasteiger partial charge on any atom is -0.496 e. The van der Waals surface area contributed by atoms with Gasteiger partial charge in [0.25, 0.3) is 0 Å². The number of halogens is 2. The van der Waals surface area contributed by atoms with Gasteiger partial charge in [0.1, 0.15) is 11.5 Å². The van der Waals surface area contributed by atoms with Crippen LogP contribution in [-0.2, 0) is 22.4 Å². The molecule has 2 fully saturated rings. The van der Waals surface area contributed by atoms with E-state index in [1.807, 2.05) is 24.3 Å². The second-order valence-corrected chi connectivity index (χ2v) is 13.7. The first-order valence-corrected chi connectivity index (χ1v) is 17.9. The van der Waals surface area contributed by atoms with Crippen molar-refractivity contribution in [2.24, 2.45) is 17.8 Å². The van der Waals surface area contributed by atoms with Crippen LogP contribution < -0.4 is 20.1 Å². The van der Waals surface area contributed by atoms with Crippen LogP contribution in [0.1, 0.15) is 89.7 Å². The van der Waals surface area contributed by atoms with E-state index in [9.17, 15) is 9.59 Å². The van der Waals surface area contributed by atoms with E-state index in [-0.39, 0.29) is 24.7 Å². The average molecular weight is 758 g/mol.